The van der Waals surface area contributed by atoms with Gasteiger partial charge in [-0.25, -0.2) is 4.98 Å². The Bertz CT molecular complexity index is 549. The molecule has 0 saturated heterocycles. The molecule has 108 valence electrons. The fourth-order valence-corrected chi connectivity index (χ4v) is 3.21. The summed E-state index contributed by atoms with van der Waals surface area (Å²) >= 11 is 1.79. The lowest BCUT2D eigenvalue weighted by Crippen LogP contribution is -2.23. The molecule has 2 aromatic rings. The van der Waals surface area contributed by atoms with Gasteiger partial charge in [-0.3, -0.25) is 0 Å². The predicted octanol–water partition coefficient (Wildman–Crippen LogP) is 3.54. The van der Waals surface area contributed by atoms with Crippen molar-refractivity contribution in [3.8, 4) is 0 Å². The largest absolute Gasteiger partial charge is 0.352 e. The first-order valence-electron chi connectivity index (χ1n) is 6.96. The highest BCUT2D eigenvalue weighted by Crippen LogP contribution is 2.29. The summed E-state index contributed by atoms with van der Waals surface area (Å²) in [6, 6.07) is 6.97. The lowest BCUT2D eigenvalue weighted by molar-refractivity contribution is 0.724. The zero-order chi connectivity index (χ0) is 14.7. The molecular formula is C16H23N3S. The van der Waals surface area contributed by atoms with Gasteiger partial charge in [-0.15, -0.1) is 11.3 Å². The maximum atomic E-state index is 5.85. The van der Waals surface area contributed by atoms with Gasteiger partial charge in [0.15, 0.2) is 0 Å². The topological polar surface area (TPSA) is 42.1 Å². The molecule has 0 aliphatic rings. The van der Waals surface area contributed by atoms with Gasteiger partial charge in [0.1, 0.15) is 5.82 Å². The molecule has 0 bridgehead atoms. The number of thiophene rings is 1. The third-order valence-corrected chi connectivity index (χ3v) is 4.58. The van der Waals surface area contributed by atoms with Crippen LogP contribution in [0.1, 0.15) is 35.9 Å². The van der Waals surface area contributed by atoms with E-state index in [2.05, 4.69) is 54.4 Å². The maximum Gasteiger partial charge on any atom is 0.131 e. The van der Waals surface area contributed by atoms with Crippen molar-refractivity contribution in [2.75, 3.05) is 11.9 Å². The van der Waals surface area contributed by atoms with Crippen molar-refractivity contribution in [3.63, 3.8) is 0 Å². The van der Waals surface area contributed by atoms with Crippen molar-refractivity contribution in [3.05, 3.63) is 45.8 Å². The number of aryl methyl sites for hydroxylation is 1. The molecule has 2 unspecified atom stereocenters. The molecule has 2 heterocycles. The summed E-state index contributed by atoms with van der Waals surface area (Å²) < 4.78 is 0. The molecule has 0 saturated carbocycles. The number of nitrogens with two attached hydrogens (primary N) is 1. The monoisotopic (exact) mass is 289 g/mol. The summed E-state index contributed by atoms with van der Waals surface area (Å²) in [5.41, 5.74) is 8.26. The SMILES string of the molecule is Cc1cc(CC(C)N)cnc1N(C)C(C)c1cccs1. The standard InChI is InChI=1S/C16H23N3S/c1-11-8-14(9-12(2)17)10-18-16(11)19(4)13(3)15-6-5-7-20-15/h5-8,10,12-13H,9,17H2,1-4H3. The van der Waals surface area contributed by atoms with Crippen LogP contribution in [0.15, 0.2) is 29.8 Å². The highest BCUT2D eigenvalue weighted by atomic mass is 32.1. The van der Waals surface area contributed by atoms with Crippen LogP contribution in [-0.4, -0.2) is 18.1 Å². The van der Waals surface area contributed by atoms with Crippen molar-refractivity contribution in [1.82, 2.24) is 4.98 Å². The lowest BCUT2D eigenvalue weighted by Gasteiger charge is -2.27. The molecule has 4 heteroatoms. The number of pyridine rings is 1. The average Bonchev–Trinajstić information content (AvgIpc) is 2.90. The fourth-order valence-electron chi connectivity index (χ4n) is 2.38. The Morgan fingerprint density at radius 2 is 2.15 bits per heavy atom. The molecule has 0 aliphatic carbocycles. The van der Waals surface area contributed by atoms with Gasteiger partial charge in [0.25, 0.3) is 0 Å². The second-order valence-corrected chi connectivity index (χ2v) is 6.45. The minimum Gasteiger partial charge on any atom is -0.352 e. The van der Waals surface area contributed by atoms with Crippen LogP contribution in [0.5, 0.6) is 0 Å². The molecule has 0 aliphatic heterocycles. The Morgan fingerprint density at radius 3 is 2.70 bits per heavy atom. The van der Waals surface area contributed by atoms with E-state index >= 15 is 0 Å². The van der Waals surface area contributed by atoms with Gasteiger partial charge < -0.3 is 10.6 Å². The fraction of sp³-hybridized carbons (Fsp3) is 0.438. The van der Waals surface area contributed by atoms with Crippen LogP contribution in [0.3, 0.4) is 0 Å². The van der Waals surface area contributed by atoms with E-state index in [0.717, 1.165) is 12.2 Å². The van der Waals surface area contributed by atoms with Gasteiger partial charge in [0, 0.05) is 24.2 Å². The van der Waals surface area contributed by atoms with E-state index in [9.17, 15) is 0 Å². The van der Waals surface area contributed by atoms with Crippen molar-refractivity contribution in [1.29, 1.82) is 0 Å². The summed E-state index contributed by atoms with van der Waals surface area (Å²) in [4.78, 5) is 8.23. The summed E-state index contributed by atoms with van der Waals surface area (Å²) in [6.45, 7) is 6.35. The normalized spacial score (nSPS) is 14.1. The van der Waals surface area contributed by atoms with Gasteiger partial charge in [0.05, 0.1) is 6.04 Å². The number of hydrogen-bond acceptors (Lipinski definition) is 4. The first-order chi connectivity index (χ1) is 9.49. The summed E-state index contributed by atoms with van der Waals surface area (Å²) in [5, 5.41) is 2.12. The number of anilines is 1. The zero-order valence-corrected chi connectivity index (χ0v) is 13.4. The predicted molar refractivity (Wildman–Crippen MR) is 87.5 cm³/mol. The first-order valence-corrected chi connectivity index (χ1v) is 7.84. The van der Waals surface area contributed by atoms with Crippen LogP contribution in [0.25, 0.3) is 0 Å². The van der Waals surface area contributed by atoms with E-state index in [1.54, 1.807) is 11.3 Å². The second kappa shape index (κ2) is 6.37. The van der Waals surface area contributed by atoms with Crippen molar-refractivity contribution >= 4 is 17.2 Å². The van der Waals surface area contributed by atoms with E-state index in [0.29, 0.717) is 6.04 Å². The highest BCUT2D eigenvalue weighted by Gasteiger charge is 2.16. The lowest BCUT2D eigenvalue weighted by atomic mass is 10.1. The average molecular weight is 289 g/mol. The molecule has 2 atom stereocenters. The van der Waals surface area contributed by atoms with Crippen LogP contribution < -0.4 is 10.6 Å². The van der Waals surface area contributed by atoms with Crippen molar-refractivity contribution in [2.24, 2.45) is 5.73 Å². The van der Waals surface area contributed by atoms with E-state index in [4.69, 9.17) is 5.73 Å². The Balaban J connectivity index is 2.20. The summed E-state index contributed by atoms with van der Waals surface area (Å²) in [6.07, 6.45) is 2.82. The van der Waals surface area contributed by atoms with E-state index in [1.165, 1.54) is 16.0 Å². The molecule has 0 fully saturated rings. The number of rotatable bonds is 5. The Kier molecular flexibility index (Phi) is 4.78. The third kappa shape index (κ3) is 3.38. The van der Waals surface area contributed by atoms with Crippen molar-refractivity contribution < 1.29 is 0 Å². The zero-order valence-electron chi connectivity index (χ0n) is 12.6. The molecule has 2 aromatic heterocycles. The van der Waals surface area contributed by atoms with Crippen LogP contribution in [-0.2, 0) is 6.42 Å². The van der Waals surface area contributed by atoms with E-state index < -0.39 is 0 Å². The number of hydrogen-bond donors (Lipinski definition) is 1. The minimum atomic E-state index is 0.171. The van der Waals surface area contributed by atoms with Crippen molar-refractivity contribution in [2.45, 2.75) is 39.3 Å². The van der Waals surface area contributed by atoms with Crippen LogP contribution >= 0.6 is 11.3 Å². The van der Waals surface area contributed by atoms with Crippen LogP contribution in [0.4, 0.5) is 5.82 Å². The molecule has 2 N–H and O–H groups in total. The Hall–Kier alpha value is -1.39. The van der Waals surface area contributed by atoms with Crippen LogP contribution in [0, 0.1) is 6.92 Å². The van der Waals surface area contributed by atoms with E-state index in [-0.39, 0.29) is 6.04 Å². The van der Waals surface area contributed by atoms with Gasteiger partial charge in [-0.2, -0.15) is 0 Å². The molecule has 0 radical (unpaired) electrons. The summed E-state index contributed by atoms with van der Waals surface area (Å²) in [7, 11) is 2.10. The second-order valence-electron chi connectivity index (χ2n) is 5.47. The number of aromatic nitrogens is 1. The Morgan fingerprint density at radius 1 is 1.40 bits per heavy atom. The highest BCUT2D eigenvalue weighted by molar-refractivity contribution is 7.10. The first kappa shape index (κ1) is 15.0. The maximum absolute atomic E-state index is 5.85. The molecule has 0 aromatic carbocycles. The number of nitrogens with zero attached hydrogens (tertiary/aromatic N) is 2. The molecular weight excluding hydrogens is 266 g/mol. The van der Waals surface area contributed by atoms with Gasteiger partial charge in [-0.05, 0) is 49.8 Å². The molecule has 3 nitrogen and oxygen atoms in total. The minimum absolute atomic E-state index is 0.171. The third-order valence-electron chi connectivity index (χ3n) is 3.53. The smallest absolute Gasteiger partial charge is 0.131 e. The Labute approximate surface area is 125 Å². The molecule has 0 amide bonds. The molecule has 20 heavy (non-hydrogen) atoms. The van der Waals surface area contributed by atoms with E-state index in [1.807, 2.05) is 13.1 Å². The molecule has 0 spiro atoms. The summed E-state index contributed by atoms with van der Waals surface area (Å²) in [5.74, 6) is 1.04. The molecule has 2 rings (SSSR count). The quantitative estimate of drug-likeness (QED) is 0.915. The van der Waals surface area contributed by atoms with Gasteiger partial charge >= 0.3 is 0 Å². The van der Waals surface area contributed by atoms with Gasteiger partial charge in [0.2, 0.25) is 0 Å². The van der Waals surface area contributed by atoms with Crippen LogP contribution in [0.2, 0.25) is 0 Å². The van der Waals surface area contributed by atoms with Gasteiger partial charge in [-0.1, -0.05) is 12.1 Å².